The standard InChI is InChI=1S/C70H136O17P2/c1-7-9-11-13-15-17-19-21-26-29-33-40-46-52-67(72)80-58-65(86-70(75)55-49-43-35-31-27-23-20-22-25-28-32-38-44-50-62(3)4)60-84-88(76,77)82-56-64(71)57-83-89(78,79)85-61-66(59-81-68(73)53-47-41-37-36-39-45-51-63(5)6)87-69(74)54-48-42-34-30-24-18-16-14-12-10-8-2/h62-66,71H,7-61H2,1-6H3,(H,76,77)(H,78,79)/t64-,65-,66-/m1/s1. The summed E-state index contributed by atoms with van der Waals surface area (Å²) in [7, 11) is -9.90. The van der Waals surface area contributed by atoms with Crippen LogP contribution < -0.4 is 0 Å². The number of aliphatic hydroxyl groups excluding tert-OH is 1. The summed E-state index contributed by atoms with van der Waals surface area (Å²) < 4.78 is 68.2. The van der Waals surface area contributed by atoms with Crippen LogP contribution in [-0.2, 0) is 65.4 Å². The third-order valence-corrected chi connectivity index (χ3v) is 18.1. The maximum atomic E-state index is 13.0. The van der Waals surface area contributed by atoms with Gasteiger partial charge in [-0.2, -0.15) is 0 Å². The summed E-state index contributed by atoms with van der Waals surface area (Å²) in [5, 5.41) is 10.6. The molecule has 0 heterocycles. The Morgan fingerprint density at radius 1 is 0.303 bits per heavy atom. The molecule has 0 aromatic carbocycles. The topological polar surface area (TPSA) is 237 Å². The molecule has 0 fully saturated rings. The van der Waals surface area contributed by atoms with Gasteiger partial charge in [0.15, 0.2) is 12.2 Å². The molecule has 19 heteroatoms. The van der Waals surface area contributed by atoms with E-state index in [0.717, 1.165) is 102 Å². The largest absolute Gasteiger partial charge is 0.472 e. The minimum Gasteiger partial charge on any atom is -0.462 e. The SMILES string of the molecule is CCCCCCCCCCCCCCCC(=O)OC[C@H](COP(=O)(O)OC[C@@H](O)COP(=O)(O)OC[C@@H](COC(=O)CCCCCCCCC(C)C)OC(=O)CCCCCCCCCCCCC)OC(=O)CCCCCCCCCCCCCCCC(C)C. The van der Waals surface area contributed by atoms with Crippen LogP contribution in [0.2, 0.25) is 0 Å². The van der Waals surface area contributed by atoms with E-state index in [0.29, 0.717) is 31.6 Å². The molecule has 0 rings (SSSR count). The first-order valence-corrected chi connectivity index (χ1v) is 39.5. The molecule has 0 saturated heterocycles. The molecular weight excluding hydrogens is 1170 g/mol. The highest BCUT2D eigenvalue weighted by Crippen LogP contribution is 2.45. The minimum absolute atomic E-state index is 0.106. The molecule has 0 aliphatic carbocycles. The fraction of sp³-hybridized carbons (Fsp3) is 0.943. The van der Waals surface area contributed by atoms with E-state index in [1.54, 1.807) is 0 Å². The van der Waals surface area contributed by atoms with Crippen molar-refractivity contribution < 1.29 is 80.2 Å². The molecule has 528 valence electrons. The van der Waals surface area contributed by atoms with Crippen molar-refractivity contribution in [2.45, 2.75) is 374 Å². The molecule has 0 aliphatic heterocycles. The van der Waals surface area contributed by atoms with Gasteiger partial charge in [-0.1, -0.05) is 305 Å². The van der Waals surface area contributed by atoms with Gasteiger partial charge in [0.25, 0.3) is 0 Å². The van der Waals surface area contributed by atoms with Gasteiger partial charge in [-0.3, -0.25) is 37.3 Å². The number of aliphatic hydroxyl groups is 1. The van der Waals surface area contributed by atoms with Gasteiger partial charge >= 0.3 is 39.5 Å². The van der Waals surface area contributed by atoms with Crippen LogP contribution in [0.4, 0.5) is 0 Å². The summed E-state index contributed by atoms with van der Waals surface area (Å²) in [5.74, 6) is -0.658. The summed E-state index contributed by atoms with van der Waals surface area (Å²) in [6.07, 6.45) is 47.2. The van der Waals surface area contributed by atoms with E-state index in [4.69, 9.17) is 37.0 Å². The third kappa shape index (κ3) is 64.6. The molecule has 2 unspecified atom stereocenters. The van der Waals surface area contributed by atoms with Crippen molar-refractivity contribution in [3.8, 4) is 0 Å². The van der Waals surface area contributed by atoms with Crippen LogP contribution in [0.3, 0.4) is 0 Å². The molecule has 3 N–H and O–H groups in total. The van der Waals surface area contributed by atoms with E-state index in [9.17, 15) is 43.2 Å². The quantitative estimate of drug-likeness (QED) is 0.0222. The van der Waals surface area contributed by atoms with Crippen molar-refractivity contribution >= 4 is 39.5 Å². The zero-order chi connectivity index (χ0) is 65.7. The van der Waals surface area contributed by atoms with Crippen molar-refractivity contribution in [3.63, 3.8) is 0 Å². The highest BCUT2D eigenvalue weighted by atomic mass is 31.2. The van der Waals surface area contributed by atoms with E-state index in [1.165, 1.54) is 167 Å². The number of ether oxygens (including phenoxy) is 4. The summed E-state index contributed by atoms with van der Waals surface area (Å²) in [6, 6.07) is 0. The molecule has 0 saturated carbocycles. The number of hydrogen-bond donors (Lipinski definition) is 3. The monoisotopic (exact) mass is 1310 g/mol. The van der Waals surface area contributed by atoms with E-state index in [2.05, 4.69) is 41.5 Å². The first-order valence-electron chi connectivity index (χ1n) is 36.5. The van der Waals surface area contributed by atoms with E-state index >= 15 is 0 Å². The average molecular weight is 1310 g/mol. The molecule has 0 aromatic rings. The van der Waals surface area contributed by atoms with Crippen LogP contribution in [0, 0.1) is 11.8 Å². The van der Waals surface area contributed by atoms with Crippen molar-refractivity contribution in [3.05, 3.63) is 0 Å². The van der Waals surface area contributed by atoms with Crippen LogP contribution >= 0.6 is 15.6 Å². The Hall–Kier alpha value is -1.94. The van der Waals surface area contributed by atoms with Crippen LogP contribution in [0.5, 0.6) is 0 Å². The second-order valence-electron chi connectivity index (χ2n) is 26.2. The number of esters is 4. The smallest absolute Gasteiger partial charge is 0.462 e. The Morgan fingerprint density at radius 2 is 0.517 bits per heavy atom. The molecule has 17 nitrogen and oxygen atoms in total. The Kier molecular flexibility index (Phi) is 60.8. The third-order valence-electron chi connectivity index (χ3n) is 16.2. The minimum atomic E-state index is -4.95. The predicted octanol–water partition coefficient (Wildman–Crippen LogP) is 20.0. The molecular formula is C70H136O17P2. The van der Waals surface area contributed by atoms with Gasteiger partial charge in [0.05, 0.1) is 26.4 Å². The number of phosphoric ester groups is 2. The number of unbranched alkanes of at least 4 members (excludes halogenated alkanes) is 39. The Balaban J connectivity index is 5.23. The molecule has 0 radical (unpaired) electrons. The van der Waals surface area contributed by atoms with Gasteiger partial charge in [-0.25, -0.2) is 9.13 Å². The van der Waals surface area contributed by atoms with E-state index in [-0.39, 0.29) is 25.7 Å². The fourth-order valence-corrected chi connectivity index (χ4v) is 12.2. The number of carbonyl (C=O) groups excluding carboxylic acids is 4. The summed E-state index contributed by atoms with van der Waals surface area (Å²) in [6.45, 7) is 9.48. The van der Waals surface area contributed by atoms with Crippen molar-refractivity contribution in [1.29, 1.82) is 0 Å². The summed E-state index contributed by atoms with van der Waals surface area (Å²) >= 11 is 0. The van der Waals surface area contributed by atoms with Gasteiger partial charge in [-0.05, 0) is 37.5 Å². The zero-order valence-corrected chi connectivity index (χ0v) is 59.5. The number of phosphoric acid groups is 2. The Bertz CT molecular complexity index is 1730. The Labute approximate surface area is 543 Å². The van der Waals surface area contributed by atoms with Crippen molar-refractivity contribution in [2.75, 3.05) is 39.6 Å². The van der Waals surface area contributed by atoms with E-state index < -0.39 is 97.5 Å². The molecule has 5 atom stereocenters. The zero-order valence-electron chi connectivity index (χ0n) is 57.7. The van der Waals surface area contributed by atoms with Crippen LogP contribution in [0.25, 0.3) is 0 Å². The fourth-order valence-electron chi connectivity index (χ4n) is 10.6. The lowest BCUT2D eigenvalue weighted by atomic mass is 10.0. The lowest BCUT2D eigenvalue weighted by Gasteiger charge is -2.21. The van der Waals surface area contributed by atoms with Crippen molar-refractivity contribution in [2.24, 2.45) is 11.8 Å². The molecule has 0 amide bonds. The maximum Gasteiger partial charge on any atom is 0.472 e. The highest BCUT2D eigenvalue weighted by molar-refractivity contribution is 7.47. The number of rotatable bonds is 69. The normalized spacial score (nSPS) is 14.1. The Morgan fingerprint density at radius 3 is 0.764 bits per heavy atom. The summed E-state index contributed by atoms with van der Waals surface area (Å²) in [4.78, 5) is 72.5. The average Bonchev–Trinajstić information content (AvgIpc) is 3.71. The predicted molar refractivity (Wildman–Crippen MR) is 358 cm³/mol. The van der Waals surface area contributed by atoms with Crippen LogP contribution in [0.1, 0.15) is 356 Å². The van der Waals surface area contributed by atoms with E-state index in [1.807, 2.05) is 0 Å². The second kappa shape index (κ2) is 62.2. The molecule has 0 bridgehead atoms. The van der Waals surface area contributed by atoms with Gasteiger partial charge in [-0.15, -0.1) is 0 Å². The van der Waals surface area contributed by atoms with Gasteiger partial charge < -0.3 is 33.8 Å². The number of hydrogen-bond acceptors (Lipinski definition) is 15. The summed E-state index contributed by atoms with van der Waals surface area (Å²) in [5.41, 5.74) is 0. The molecule has 89 heavy (non-hydrogen) atoms. The second-order valence-corrected chi connectivity index (χ2v) is 29.1. The first kappa shape index (κ1) is 87.1. The lowest BCUT2D eigenvalue weighted by Crippen LogP contribution is -2.30. The van der Waals surface area contributed by atoms with Crippen molar-refractivity contribution in [1.82, 2.24) is 0 Å². The lowest BCUT2D eigenvalue weighted by molar-refractivity contribution is -0.161. The number of carbonyl (C=O) groups is 4. The first-order chi connectivity index (χ1) is 42.9. The highest BCUT2D eigenvalue weighted by Gasteiger charge is 2.30. The molecule has 0 spiro atoms. The molecule has 0 aliphatic rings. The maximum absolute atomic E-state index is 13.0. The van der Waals surface area contributed by atoms with Gasteiger partial charge in [0.1, 0.15) is 19.3 Å². The van der Waals surface area contributed by atoms with Crippen LogP contribution in [0.15, 0.2) is 0 Å². The van der Waals surface area contributed by atoms with Gasteiger partial charge in [0, 0.05) is 25.7 Å². The molecule has 0 aromatic heterocycles. The van der Waals surface area contributed by atoms with Gasteiger partial charge in [0.2, 0.25) is 0 Å². The van der Waals surface area contributed by atoms with Crippen LogP contribution in [-0.4, -0.2) is 96.7 Å².